The first-order valence-corrected chi connectivity index (χ1v) is 8.14. The predicted molar refractivity (Wildman–Crippen MR) is 87.8 cm³/mol. The SMILES string of the molecule is C=CC(=O)N1CCSCC1C(=O)Nc1cc(Cl)ccc1C. The van der Waals surface area contributed by atoms with E-state index in [2.05, 4.69) is 11.9 Å². The molecule has 2 rings (SSSR count). The molecular formula is C15H17ClN2O2S. The molecule has 1 aromatic carbocycles. The molecule has 1 heterocycles. The van der Waals surface area contributed by atoms with Gasteiger partial charge in [-0.15, -0.1) is 0 Å². The van der Waals surface area contributed by atoms with Gasteiger partial charge < -0.3 is 10.2 Å². The van der Waals surface area contributed by atoms with E-state index in [-0.39, 0.29) is 11.8 Å². The lowest BCUT2D eigenvalue weighted by Gasteiger charge is -2.33. The number of hydrogen-bond acceptors (Lipinski definition) is 3. The van der Waals surface area contributed by atoms with Crippen LogP contribution < -0.4 is 5.32 Å². The van der Waals surface area contributed by atoms with Crippen molar-refractivity contribution in [2.24, 2.45) is 0 Å². The molecule has 1 saturated heterocycles. The molecule has 1 aliphatic heterocycles. The van der Waals surface area contributed by atoms with Gasteiger partial charge in [-0.25, -0.2) is 0 Å². The van der Waals surface area contributed by atoms with Crippen molar-refractivity contribution in [1.29, 1.82) is 0 Å². The quantitative estimate of drug-likeness (QED) is 0.870. The third-order valence-corrected chi connectivity index (χ3v) is 4.60. The number of nitrogens with zero attached hydrogens (tertiary/aromatic N) is 1. The third kappa shape index (κ3) is 3.80. The zero-order valence-electron chi connectivity index (χ0n) is 11.8. The zero-order chi connectivity index (χ0) is 15.4. The second-order valence-electron chi connectivity index (χ2n) is 4.77. The third-order valence-electron chi connectivity index (χ3n) is 3.35. The van der Waals surface area contributed by atoms with E-state index in [0.29, 0.717) is 23.0 Å². The summed E-state index contributed by atoms with van der Waals surface area (Å²) in [7, 11) is 0. The van der Waals surface area contributed by atoms with E-state index in [1.54, 1.807) is 28.8 Å². The molecule has 0 aromatic heterocycles. The molecular weight excluding hydrogens is 308 g/mol. The minimum absolute atomic E-state index is 0.192. The topological polar surface area (TPSA) is 49.4 Å². The molecule has 0 radical (unpaired) electrons. The fourth-order valence-corrected chi connectivity index (χ4v) is 3.37. The van der Waals surface area contributed by atoms with Gasteiger partial charge in [0.05, 0.1) is 0 Å². The van der Waals surface area contributed by atoms with Crippen LogP contribution in [0, 0.1) is 6.92 Å². The molecule has 4 nitrogen and oxygen atoms in total. The number of carbonyl (C=O) groups is 2. The van der Waals surface area contributed by atoms with E-state index in [1.165, 1.54) is 6.08 Å². The van der Waals surface area contributed by atoms with E-state index >= 15 is 0 Å². The minimum Gasteiger partial charge on any atom is -0.325 e. The number of benzene rings is 1. The number of aryl methyl sites for hydroxylation is 1. The molecule has 0 bridgehead atoms. The summed E-state index contributed by atoms with van der Waals surface area (Å²) in [6, 6.07) is 4.86. The van der Waals surface area contributed by atoms with Crippen LogP contribution in [0.4, 0.5) is 5.69 Å². The number of amides is 2. The summed E-state index contributed by atoms with van der Waals surface area (Å²) in [4.78, 5) is 25.9. The Morgan fingerprint density at radius 3 is 3.00 bits per heavy atom. The Balaban J connectivity index is 2.15. The average molecular weight is 325 g/mol. The number of carbonyl (C=O) groups excluding carboxylic acids is 2. The van der Waals surface area contributed by atoms with Gasteiger partial charge in [0.25, 0.3) is 0 Å². The van der Waals surface area contributed by atoms with Crippen LogP contribution in [0.25, 0.3) is 0 Å². The lowest BCUT2D eigenvalue weighted by atomic mass is 10.1. The smallest absolute Gasteiger partial charge is 0.248 e. The van der Waals surface area contributed by atoms with E-state index in [1.807, 2.05) is 13.0 Å². The van der Waals surface area contributed by atoms with E-state index < -0.39 is 6.04 Å². The molecule has 1 aromatic rings. The van der Waals surface area contributed by atoms with E-state index in [9.17, 15) is 9.59 Å². The number of nitrogens with one attached hydrogen (secondary N) is 1. The predicted octanol–water partition coefficient (Wildman–Crippen LogP) is 2.72. The summed E-state index contributed by atoms with van der Waals surface area (Å²) in [5.74, 6) is 1.02. The van der Waals surface area contributed by atoms with Gasteiger partial charge in [0, 0.05) is 28.8 Å². The van der Waals surface area contributed by atoms with Crippen molar-refractivity contribution >= 4 is 40.9 Å². The zero-order valence-corrected chi connectivity index (χ0v) is 13.3. The Morgan fingerprint density at radius 1 is 1.52 bits per heavy atom. The maximum atomic E-state index is 12.5. The second-order valence-corrected chi connectivity index (χ2v) is 6.36. The summed E-state index contributed by atoms with van der Waals surface area (Å²) >= 11 is 7.62. The van der Waals surface area contributed by atoms with Gasteiger partial charge in [0.15, 0.2) is 0 Å². The van der Waals surface area contributed by atoms with Gasteiger partial charge in [-0.2, -0.15) is 11.8 Å². The molecule has 0 aliphatic carbocycles. The molecule has 1 aliphatic rings. The summed E-state index contributed by atoms with van der Waals surface area (Å²) in [5.41, 5.74) is 1.60. The fourth-order valence-electron chi connectivity index (χ4n) is 2.15. The molecule has 0 spiro atoms. The first kappa shape index (κ1) is 15.9. The fraction of sp³-hybridized carbons (Fsp3) is 0.333. The lowest BCUT2D eigenvalue weighted by Crippen LogP contribution is -2.51. The largest absolute Gasteiger partial charge is 0.325 e. The summed E-state index contributed by atoms with van der Waals surface area (Å²) in [6.45, 7) is 5.95. The van der Waals surface area contributed by atoms with Gasteiger partial charge in [-0.05, 0) is 30.7 Å². The van der Waals surface area contributed by atoms with Crippen LogP contribution >= 0.6 is 23.4 Å². The summed E-state index contributed by atoms with van der Waals surface area (Å²) in [6.07, 6.45) is 1.25. The maximum Gasteiger partial charge on any atom is 0.248 e. The monoisotopic (exact) mass is 324 g/mol. The van der Waals surface area contributed by atoms with Crippen LogP contribution in [0.3, 0.4) is 0 Å². The van der Waals surface area contributed by atoms with Crippen LogP contribution in [0.1, 0.15) is 5.56 Å². The van der Waals surface area contributed by atoms with Crippen molar-refractivity contribution in [2.75, 3.05) is 23.4 Å². The average Bonchev–Trinajstić information content (AvgIpc) is 2.50. The van der Waals surface area contributed by atoms with Crippen LogP contribution in [-0.2, 0) is 9.59 Å². The Bertz CT molecular complexity index is 577. The van der Waals surface area contributed by atoms with Gasteiger partial charge in [0.2, 0.25) is 11.8 Å². The molecule has 1 N–H and O–H groups in total. The number of thioether (sulfide) groups is 1. The molecule has 2 amide bonds. The van der Waals surface area contributed by atoms with Crippen LogP contribution in [0.15, 0.2) is 30.9 Å². The van der Waals surface area contributed by atoms with Crippen molar-refractivity contribution in [2.45, 2.75) is 13.0 Å². The van der Waals surface area contributed by atoms with Crippen LogP contribution in [-0.4, -0.2) is 40.8 Å². The van der Waals surface area contributed by atoms with Crippen LogP contribution in [0.5, 0.6) is 0 Å². The molecule has 1 atom stereocenters. The molecule has 6 heteroatoms. The van der Waals surface area contributed by atoms with Crippen LogP contribution in [0.2, 0.25) is 5.02 Å². The van der Waals surface area contributed by atoms with Crippen molar-refractivity contribution in [3.63, 3.8) is 0 Å². The molecule has 21 heavy (non-hydrogen) atoms. The summed E-state index contributed by atoms with van der Waals surface area (Å²) < 4.78 is 0. The Kier molecular flexibility index (Phi) is 5.31. The molecule has 112 valence electrons. The van der Waals surface area contributed by atoms with Crippen molar-refractivity contribution in [3.05, 3.63) is 41.4 Å². The molecule has 0 saturated carbocycles. The van der Waals surface area contributed by atoms with Gasteiger partial charge in [-0.1, -0.05) is 24.2 Å². The van der Waals surface area contributed by atoms with Crippen molar-refractivity contribution in [3.8, 4) is 0 Å². The standard InChI is InChI=1S/C15H17ClN2O2S/c1-3-14(19)18-6-7-21-9-13(18)15(20)17-12-8-11(16)5-4-10(12)2/h3-5,8,13H,1,6-7,9H2,2H3,(H,17,20). The van der Waals surface area contributed by atoms with Crippen molar-refractivity contribution in [1.82, 2.24) is 4.90 Å². The normalized spacial score (nSPS) is 18.2. The first-order valence-electron chi connectivity index (χ1n) is 6.60. The van der Waals surface area contributed by atoms with E-state index in [0.717, 1.165) is 11.3 Å². The minimum atomic E-state index is -0.479. The highest BCUT2D eigenvalue weighted by Crippen LogP contribution is 2.23. The Morgan fingerprint density at radius 2 is 2.29 bits per heavy atom. The molecule has 1 unspecified atom stereocenters. The summed E-state index contributed by atoms with van der Waals surface area (Å²) in [5, 5.41) is 3.43. The van der Waals surface area contributed by atoms with E-state index in [4.69, 9.17) is 11.6 Å². The van der Waals surface area contributed by atoms with Crippen molar-refractivity contribution < 1.29 is 9.59 Å². The number of halogens is 1. The van der Waals surface area contributed by atoms with Gasteiger partial charge in [-0.3, -0.25) is 9.59 Å². The number of hydrogen-bond donors (Lipinski definition) is 1. The highest BCUT2D eigenvalue weighted by molar-refractivity contribution is 7.99. The maximum absolute atomic E-state index is 12.5. The van der Waals surface area contributed by atoms with Gasteiger partial charge in [0.1, 0.15) is 6.04 Å². The number of anilines is 1. The second kappa shape index (κ2) is 7.00. The number of rotatable bonds is 3. The lowest BCUT2D eigenvalue weighted by molar-refractivity contribution is -0.133. The Hall–Kier alpha value is -1.46. The Labute approximate surface area is 133 Å². The first-order chi connectivity index (χ1) is 10.0. The molecule has 1 fully saturated rings. The highest BCUT2D eigenvalue weighted by Gasteiger charge is 2.31. The van der Waals surface area contributed by atoms with Gasteiger partial charge >= 0.3 is 0 Å². The highest BCUT2D eigenvalue weighted by atomic mass is 35.5.